The van der Waals surface area contributed by atoms with Gasteiger partial charge in [-0.15, -0.1) is 0 Å². The van der Waals surface area contributed by atoms with Crippen LogP contribution in [0.4, 0.5) is 23.2 Å². The smallest absolute Gasteiger partial charge is 0.422 e. The van der Waals surface area contributed by atoms with E-state index >= 15 is 4.39 Å². The summed E-state index contributed by atoms with van der Waals surface area (Å²) in [4.78, 5) is 37.8. The van der Waals surface area contributed by atoms with E-state index in [-0.39, 0.29) is 33.9 Å². The molecule has 38 heavy (non-hydrogen) atoms. The van der Waals surface area contributed by atoms with Gasteiger partial charge >= 0.3 is 6.18 Å². The van der Waals surface area contributed by atoms with E-state index in [4.69, 9.17) is 5.73 Å². The number of ether oxygens (including phenoxy) is 1. The second kappa shape index (κ2) is 9.40. The van der Waals surface area contributed by atoms with Gasteiger partial charge in [-0.25, -0.2) is 14.4 Å². The van der Waals surface area contributed by atoms with E-state index in [0.29, 0.717) is 6.42 Å². The topological polar surface area (TPSA) is 132 Å². The van der Waals surface area contributed by atoms with E-state index in [9.17, 15) is 22.8 Å². The molecule has 1 aliphatic carbocycles. The largest absolute Gasteiger partial charge is 0.467 e. The van der Waals surface area contributed by atoms with Crippen molar-refractivity contribution in [1.29, 1.82) is 0 Å². The van der Waals surface area contributed by atoms with Crippen molar-refractivity contribution in [3.8, 4) is 5.88 Å². The van der Waals surface area contributed by atoms with Crippen LogP contribution in [0.2, 0.25) is 0 Å². The maximum Gasteiger partial charge on any atom is 0.422 e. The average Bonchev–Trinajstić information content (AvgIpc) is 3.54. The van der Waals surface area contributed by atoms with Gasteiger partial charge in [0.1, 0.15) is 16.3 Å². The molecule has 2 aliphatic rings. The molecule has 2 heterocycles. The number of aromatic nitrogens is 2. The number of amidine groups is 1. The van der Waals surface area contributed by atoms with Gasteiger partial charge in [-0.2, -0.15) is 13.2 Å². The van der Waals surface area contributed by atoms with Gasteiger partial charge in [-0.3, -0.25) is 14.6 Å². The fraction of sp³-hybridized carbons (Fsp3) is 0.458. The number of hydrogen-bond acceptors (Lipinski definition) is 8. The number of rotatable bonds is 6. The van der Waals surface area contributed by atoms with Crippen molar-refractivity contribution in [3.63, 3.8) is 0 Å². The third-order valence-electron chi connectivity index (χ3n) is 6.10. The minimum absolute atomic E-state index is 0.149. The molecular formula is C24H26F4N6O3S. The van der Waals surface area contributed by atoms with Gasteiger partial charge in [0.15, 0.2) is 11.8 Å². The molecule has 4 N–H and O–H groups in total. The lowest BCUT2D eigenvalue weighted by atomic mass is 9.85. The summed E-state index contributed by atoms with van der Waals surface area (Å²) in [6.45, 7) is 5.74. The maximum absolute atomic E-state index is 15.1. The Kier molecular flexibility index (Phi) is 6.83. The van der Waals surface area contributed by atoms with E-state index < -0.39 is 46.2 Å². The second-order valence-corrected chi connectivity index (χ2v) is 11.7. The zero-order valence-corrected chi connectivity index (χ0v) is 21.8. The first-order valence-electron chi connectivity index (χ1n) is 11.5. The first-order valence-corrected chi connectivity index (χ1v) is 12.3. The third kappa shape index (κ3) is 5.69. The summed E-state index contributed by atoms with van der Waals surface area (Å²) in [6, 6.07) is 3.92. The highest BCUT2D eigenvalue weighted by atomic mass is 32.2. The number of amides is 2. The molecule has 4 rings (SSSR count). The van der Waals surface area contributed by atoms with Crippen molar-refractivity contribution in [3.05, 3.63) is 47.7 Å². The number of aliphatic imine (C=N–C) groups is 1. The first-order chi connectivity index (χ1) is 17.5. The van der Waals surface area contributed by atoms with Crippen LogP contribution in [0.3, 0.4) is 0 Å². The van der Waals surface area contributed by atoms with E-state index in [0.717, 1.165) is 12.4 Å². The number of halogens is 4. The average molecular weight is 555 g/mol. The number of anilines is 1. The Morgan fingerprint density at radius 1 is 1.21 bits per heavy atom. The molecular weight excluding hydrogens is 528 g/mol. The number of benzene rings is 1. The van der Waals surface area contributed by atoms with Crippen LogP contribution in [-0.2, 0) is 10.3 Å². The normalized spacial score (nSPS) is 24.6. The molecule has 3 atom stereocenters. The monoisotopic (exact) mass is 554 g/mol. The summed E-state index contributed by atoms with van der Waals surface area (Å²) in [5.41, 5.74) is 4.63. The summed E-state index contributed by atoms with van der Waals surface area (Å²) in [5, 5.41) is 5.69. The highest BCUT2D eigenvalue weighted by Gasteiger charge is 2.70. The Labute approximate surface area is 220 Å². The Morgan fingerprint density at radius 3 is 2.53 bits per heavy atom. The highest BCUT2D eigenvalue weighted by Crippen LogP contribution is 2.66. The molecule has 2 amide bonds. The quantitative estimate of drug-likeness (QED) is 0.464. The zero-order valence-electron chi connectivity index (χ0n) is 20.9. The second-order valence-electron chi connectivity index (χ2n) is 10.3. The van der Waals surface area contributed by atoms with Gasteiger partial charge in [-0.1, -0.05) is 11.8 Å². The molecule has 14 heteroatoms. The van der Waals surface area contributed by atoms with E-state index in [2.05, 4.69) is 30.3 Å². The van der Waals surface area contributed by atoms with Crippen molar-refractivity contribution in [2.45, 2.75) is 56.1 Å². The number of fused-ring (bicyclic) bond motifs is 1. The molecule has 1 saturated carbocycles. The van der Waals surface area contributed by atoms with Crippen molar-refractivity contribution in [2.75, 3.05) is 11.9 Å². The fourth-order valence-corrected chi connectivity index (χ4v) is 5.74. The van der Waals surface area contributed by atoms with Crippen LogP contribution in [0.25, 0.3) is 0 Å². The molecule has 9 nitrogen and oxygen atoms in total. The molecule has 1 fully saturated rings. The standard InChI is InChI=1S/C24H26F4N6O3S/c1-21(2,3)33-19(36)23-8-16(23)22(4,34-20(29)38-23)13-7-12(5-6-14(13)25)32-18(35)15-9-31-17(10-30-15)37-11-24(26,27)28/h5-7,9-10,16H,8,11H2,1-4H3,(H2,29,34)(H,32,35)(H,33,36)/t16-,22+,23-/m0/s1. The van der Waals surface area contributed by atoms with Crippen LogP contribution in [0.5, 0.6) is 5.88 Å². The van der Waals surface area contributed by atoms with Crippen molar-refractivity contribution >= 4 is 34.4 Å². The Hall–Kier alpha value is -3.42. The maximum atomic E-state index is 15.1. The Balaban J connectivity index is 1.54. The number of carbonyl (C=O) groups excluding carboxylic acids is 2. The lowest BCUT2D eigenvalue weighted by molar-refractivity contribution is -0.154. The summed E-state index contributed by atoms with van der Waals surface area (Å²) < 4.78 is 55.6. The van der Waals surface area contributed by atoms with Gasteiger partial charge in [0.05, 0.1) is 17.9 Å². The molecule has 0 radical (unpaired) electrons. The van der Waals surface area contributed by atoms with Crippen LogP contribution in [0.15, 0.2) is 35.6 Å². The third-order valence-corrected chi connectivity index (χ3v) is 7.41. The Morgan fingerprint density at radius 2 is 1.92 bits per heavy atom. The minimum atomic E-state index is -4.54. The van der Waals surface area contributed by atoms with E-state index in [1.165, 1.54) is 30.0 Å². The number of nitrogens with one attached hydrogen (secondary N) is 2. The summed E-state index contributed by atoms with van der Waals surface area (Å²) in [7, 11) is 0. The number of hydrogen-bond donors (Lipinski definition) is 3. The lowest BCUT2D eigenvalue weighted by Gasteiger charge is -2.35. The van der Waals surface area contributed by atoms with Crippen LogP contribution in [0, 0.1) is 11.7 Å². The number of nitrogens with zero attached hydrogens (tertiary/aromatic N) is 3. The fourth-order valence-electron chi connectivity index (χ4n) is 4.37. The van der Waals surface area contributed by atoms with Crippen LogP contribution < -0.4 is 21.1 Å². The predicted molar refractivity (Wildman–Crippen MR) is 133 cm³/mol. The predicted octanol–water partition coefficient (Wildman–Crippen LogP) is 3.76. The first kappa shape index (κ1) is 27.6. The molecule has 1 aliphatic heterocycles. The number of alkyl halides is 3. The van der Waals surface area contributed by atoms with Crippen molar-refractivity contribution < 1.29 is 31.9 Å². The van der Waals surface area contributed by atoms with E-state index in [1.807, 2.05) is 20.8 Å². The number of carbonyl (C=O) groups is 2. The Bertz CT molecular complexity index is 1300. The molecule has 1 aromatic carbocycles. The van der Waals surface area contributed by atoms with E-state index in [1.54, 1.807) is 6.92 Å². The summed E-state index contributed by atoms with van der Waals surface area (Å²) in [6.07, 6.45) is -2.25. The molecule has 204 valence electrons. The van der Waals surface area contributed by atoms with Gasteiger partial charge in [-0.05, 0) is 52.3 Å². The SMILES string of the molecule is CC(C)(C)NC(=O)[C@]12C[C@H]1[C@@](C)(c1cc(NC(=O)c3cnc(OCC(F)(F)F)cn3)ccc1F)N=C(N)S2. The zero-order chi connectivity index (χ0) is 28.1. The molecule has 0 bridgehead atoms. The molecule has 2 aromatic rings. The molecule has 0 saturated heterocycles. The van der Waals surface area contributed by atoms with Crippen LogP contribution in [-0.4, -0.2) is 50.0 Å². The van der Waals surface area contributed by atoms with Gasteiger partial charge in [0, 0.05) is 22.7 Å². The molecule has 0 spiro atoms. The number of thioether (sulfide) groups is 1. The lowest BCUT2D eigenvalue weighted by Crippen LogP contribution is -2.50. The molecule has 0 unspecified atom stereocenters. The van der Waals surface area contributed by atoms with Crippen molar-refractivity contribution in [1.82, 2.24) is 15.3 Å². The minimum Gasteiger partial charge on any atom is -0.467 e. The summed E-state index contributed by atoms with van der Waals surface area (Å²) in [5.74, 6) is -2.25. The van der Waals surface area contributed by atoms with Gasteiger partial charge in [0.2, 0.25) is 11.8 Å². The van der Waals surface area contributed by atoms with Gasteiger partial charge in [0.25, 0.3) is 5.91 Å². The summed E-state index contributed by atoms with van der Waals surface area (Å²) >= 11 is 1.17. The highest BCUT2D eigenvalue weighted by molar-refractivity contribution is 8.15. The molecule has 1 aromatic heterocycles. The van der Waals surface area contributed by atoms with Crippen LogP contribution >= 0.6 is 11.8 Å². The van der Waals surface area contributed by atoms with Crippen molar-refractivity contribution in [2.24, 2.45) is 16.6 Å². The number of nitrogens with two attached hydrogens (primary N) is 1. The van der Waals surface area contributed by atoms with Crippen LogP contribution in [0.1, 0.15) is 50.2 Å². The van der Waals surface area contributed by atoms with Gasteiger partial charge < -0.3 is 21.1 Å².